The Kier molecular flexibility index (Phi) is 4.99. The maximum absolute atomic E-state index is 12.7. The Morgan fingerprint density at radius 1 is 1.08 bits per heavy atom. The van der Waals surface area contributed by atoms with Crippen molar-refractivity contribution in [3.63, 3.8) is 0 Å². The van der Waals surface area contributed by atoms with Crippen LogP contribution >= 0.6 is 0 Å². The van der Waals surface area contributed by atoms with Crippen LogP contribution in [0.3, 0.4) is 0 Å². The zero-order valence-electron chi connectivity index (χ0n) is 14.0. The summed E-state index contributed by atoms with van der Waals surface area (Å²) in [6, 6.07) is 9.59. The molecule has 5 nitrogen and oxygen atoms in total. The molecule has 5 heteroatoms. The Labute approximate surface area is 142 Å². The Morgan fingerprint density at radius 2 is 1.88 bits per heavy atom. The van der Waals surface area contributed by atoms with E-state index in [0.717, 1.165) is 23.1 Å². The van der Waals surface area contributed by atoms with Crippen LogP contribution in [0.4, 0.5) is 0 Å². The lowest BCUT2D eigenvalue weighted by atomic mass is 10.1. The van der Waals surface area contributed by atoms with Crippen molar-refractivity contribution in [2.24, 2.45) is 0 Å². The third kappa shape index (κ3) is 3.85. The predicted octanol–water partition coefficient (Wildman–Crippen LogP) is 2.24. The number of hydrogen-bond acceptors (Lipinski definition) is 2. The van der Waals surface area contributed by atoms with Gasteiger partial charge in [-0.1, -0.05) is 17.7 Å². The molecule has 0 radical (unpaired) electrons. The van der Waals surface area contributed by atoms with Gasteiger partial charge in [-0.2, -0.15) is 0 Å². The molecule has 0 atom stereocenters. The van der Waals surface area contributed by atoms with E-state index in [2.05, 4.69) is 4.98 Å². The zero-order chi connectivity index (χ0) is 16.9. The molecule has 1 aliphatic heterocycles. The Balaban J connectivity index is 1.60. The number of aryl methyl sites for hydroxylation is 1. The molecule has 1 aliphatic rings. The monoisotopic (exact) mass is 325 g/mol. The fourth-order valence-corrected chi connectivity index (χ4v) is 3.09. The van der Waals surface area contributed by atoms with E-state index in [-0.39, 0.29) is 11.8 Å². The number of benzene rings is 1. The standard InChI is InChI=1S/C19H23N3O2/c1-15-4-2-5-17(12-15)19(24)22-9-3-8-21(10-11-22)18(23)13-16-6-7-20-14-16/h2,4-7,12,14,20H,3,8-11,13H2,1H3. The highest BCUT2D eigenvalue weighted by atomic mass is 16.2. The van der Waals surface area contributed by atoms with Crippen LogP contribution < -0.4 is 0 Å². The van der Waals surface area contributed by atoms with Crippen LogP contribution in [0.5, 0.6) is 0 Å². The van der Waals surface area contributed by atoms with Crippen LogP contribution in [0.1, 0.15) is 27.9 Å². The average Bonchev–Trinajstić information content (AvgIpc) is 2.95. The number of nitrogens with one attached hydrogen (secondary N) is 1. The SMILES string of the molecule is Cc1cccc(C(=O)N2CCCN(C(=O)Cc3cc[nH]c3)CC2)c1. The minimum Gasteiger partial charge on any atom is -0.367 e. The molecule has 1 aromatic heterocycles. The molecule has 1 saturated heterocycles. The van der Waals surface area contributed by atoms with Crippen LogP contribution in [0, 0.1) is 6.92 Å². The first-order valence-electron chi connectivity index (χ1n) is 8.39. The molecule has 0 spiro atoms. The number of hydrogen-bond donors (Lipinski definition) is 1. The second-order valence-corrected chi connectivity index (χ2v) is 6.29. The second-order valence-electron chi connectivity index (χ2n) is 6.29. The van der Waals surface area contributed by atoms with E-state index >= 15 is 0 Å². The lowest BCUT2D eigenvalue weighted by Gasteiger charge is -2.22. The van der Waals surface area contributed by atoms with Gasteiger partial charge in [-0.15, -0.1) is 0 Å². The van der Waals surface area contributed by atoms with Crippen molar-refractivity contribution < 1.29 is 9.59 Å². The smallest absolute Gasteiger partial charge is 0.253 e. The van der Waals surface area contributed by atoms with E-state index in [1.54, 1.807) is 0 Å². The van der Waals surface area contributed by atoms with Crippen molar-refractivity contribution >= 4 is 11.8 Å². The molecule has 0 saturated carbocycles. The van der Waals surface area contributed by atoms with E-state index in [1.165, 1.54) is 0 Å². The van der Waals surface area contributed by atoms with Crippen LogP contribution in [0.15, 0.2) is 42.7 Å². The van der Waals surface area contributed by atoms with Gasteiger partial charge < -0.3 is 14.8 Å². The van der Waals surface area contributed by atoms with E-state index in [9.17, 15) is 9.59 Å². The van der Waals surface area contributed by atoms with Gasteiger partial charge in [0.15, 0.2) is 0 Å². The van der Waals surface area contributed by atoms with Gasteiger partial charge in [0.1, 0.15) is 0 Å². The minimum absolute atomic E-state index is 0.0543. The topological polar surface area (TPSA) is 56.4 Å². The number of nitrogens with zero attached hydrogens (tertiary/aromatic N) is 2. The van der Waals surface area contributed by atoms with Crippen LogP contribution in [-0.4, -0.2) is 52.8 Å². The van der Waals surface area contributed by atoms with Gasteiger partial charge in [0.05, 0.1) is 6.42 Å². The summed E-state index contributed by atoms with van der Waals surface area (Å²) in [6.07, 6.45) is 4.91. The van der Waals surface area contributed by atoms with Crippen molar-refractivity contribution in [1.82, 2.24) is 14.8 Å². The molecule has 24 heavy (non-hydrogen) atoms. The Hall–Kier alpha value is -2.56. The van der Waals surface area contributed by atoms with Gasteiger partial charge in [-0.25, -0.2) is 0 Å². The molecule has 0 bridgehead atoms. The average molecular weight is 325 g/mol. The lowest BCUT2D eigenvalue weighted by molar-refractivity contribution is -0.130. The van der Waals surface area contributed by atoms with Gasteiger partial charge in [-0.3, -0.25) is 9.59 Å². The van der Waals surface area contributed by atoms with Gasteiger partial charge in [-0.05, 0) is 37.1 Å². The number of rotatable bonds is 3. The maximum atomic E-state index is 12.7. The molecule has 0 unspecified atom stereocenters. The van der Waals surface area contributed by atoms with Gasteiger partial charge in [0, 0.05) is 44.1 Å². The molecule has 2 aromatic rings. The van der Waals surface area contributed by atoms with Crippen LogP contribution in [0.25, 0.3) is 0 Å². The van der Waals surface area contributed by atoms with E-state index in [0.29, 0.717) is 32.6 Å². The highest BCUT2D eigenvalue weighted by molar-refractivity contribution is 5.94. The first-order chi connectivity index (χ1) is 11.6. The molecule has 3 rings (SSSR count). The molecule has 2 heterocycles. The molecule has 126 valence electrons. The first-order valence-corrected chi connectivity index (χ1v) is 8.39. The highest BCUT2D eigenvalue weighted by Gasteiger charge is 2.22. The predicted molar refractivity (Wildman–Crippen MR) is 92.8 cm³/mol. The molecule has 1 fully saturated rings. The summed E-state index contributed by atoms with van der Waals surface area (Å²) in [4.78, 5) is 31.8. The Morgan fingerprint density at radius 3 is 2.62 bits per heavy atom. The molecular weight excluding hydrogens is 302 g/mol. The molecule has 1 N–H and O–H groups in total. The third-order valence-corrected chi connectivity index (χ3v) is 4.42. The summed E-state index contributed by atoms with van der Waals surface area (Å²) >= 11 is 0. The van der Waals surface area contributed by atoms with E-state index in [4.69, 9.17) is 0 Å². The fourth-order valence-electron chi connectivity index (χ4n) is 3.09. The van der Waals surface area contributed by atoms with Crippen LogP contribution in [-0.2, 0) is 11.2 Å². The molecule has 2 amide bonds. The van der Waals surface area contributed by atoms with E-state index in [1.807, 2.05) is 59.4 Å². The van der Waals surface area contributed by atoms with Gasteiger partial charge in [0.2, 0.25) is 5.91 Å². The largest absolute Gasteiger partial charge is 0.367 e. The molecule has 0 aliphatic carbocycles. The number of amides is 2. The van der Waals surface area contributed by atoms with Crippen molar-refractivity contribution in [3.8, 4) is 0 Å². The van der Waals surface area contributed by atoms with Gasteiger partial charge >= 0.3 is 0 Å². The number of aromatic amines is 1. The summed E-state index contributed by atoms with van der Waals surface area (Å²) < 4.78 is 0. The summed E-state index contributed by atoms with van der Waals surface area (Å²) in [7, 11) is 0. The van der Waals surface area contributed by atoms with Crippen molar-refractivity contribution in [1.29, 1.82) is 0 Å². The zero-order valence-corrected chi connectivity index (χ0v) is 14.0. The number of H-pyrrole nitrogens is 1. The molecular formula is C19H23N3O2. The number of carbonyl (C=O) groups excluding carboxylic acids is 2. The van der Waals surface area contributed by atoms with Crippen molar-refractivity contribution in [3.05, 3.63) is 59.4 Å². The first kappa shape index (κ1) is 16.3. The summed E-state index contributed by atoms with van der Waals surface area (Å²) in [5.41, 5.74) is 2.80. The third-order valence-electron chi connectivity index (χ3n) is 4.42. The van der Waals surface area contributed by atoms with E-state index < -0.39 is 0 Å². The highest BCUT2D eigenvalue weighted by Crippen LogP contribution is 2.12. The maximum Gasteiger partial charge on any atom is 0.253 e. The fraction of sp³-hybridized carbons (Fsp3) is 0.368. The summed E-state index contributed by atoms with van der Waals surface area (Å²) in [5.74, 6) is 0.179. The van der Waals surface area contributed by atoms with Crippen molar-refractivity contribution in [2.75, 3.05) is 26.2 Å². The number of aromatic nitrogens is 1. The Bertz CT molecular complexity index is 709. The second kappa shape index (κ2) is 7.34. The summed E-state index contributed by atoms with van der Waals surface area (Å²) in [5, 5.41) is 0. The van der Waals surface area contributed by atoms with Crippen LogP contribution in [0.2, 0.25) is 0 Å². The molecule has 1 aromatic carbocycles. The normalized spacial score (nSPS) is 15.2. The quantitative estimate of drug-likeness (QED) is 0.941. The minimum atomic E-state index is 0.0543. The number of carbonyl (C=O) groups is 2. The van der Waals surface area contributed by atoms with Gasteiger partial charge in [0.25, 0.3) is 5.91 Å². The lowest BCUT2D eigenvalue weighted by Crippen LogP contribution is -2.38. The van der Waals surface area contributed by atoms with Crippen molar-refractivity contribution in [2.45, 2.75) is 19.8 Å². The summed E-state index contributed by atoms with van der Waals surface area (Å²) in [6.45, 7) is 4.58.